The molecule has 2 aromatic heterocycles. The zero-order valence-electron chi connectivity index (χ0n) is 16.1. The smallest absolute Gasteiger partial charge is 0.229 e. The molecule has 6 nitrogen and oxygen atoms in total. The Morgan fingerprint density at radius 2 is 1.76 bits per heavy atom. The number of nitrogens with zero attached hydrogens (tertiary/aromatic N) is 2. The molecular formula is C23H22N4O2. The van der Waals surface area contributed by atoms with Crippen molar-refractivity contribution in [2.24, 2.45) is 0 Å². The molecule has 0 amide bonds. The number of hydrogen-bond acceptors (Lipinski definition) is 6. The first-order valence-corrected chi connectivity index (χ1v) is 9.40. The normalized spacial score (nSPS) is 10.5. The summed E-state index contributed by atoms with van der Waals surface area (Å²) >= 11 is 0. The number of hydrogen-bond donors (Lipinski definition) is 2. The molecule has 0 unspecified atom stereocenters. The molecule has 0 saturated carbocycles. The Kier molecular flexibility index (Phi) is 5.71. The topological polar surface area (TPSA) is 72.2 Å². The lowest BCUT2D eigenvalue weighted by Crippen LogP contribution is -2.05. The van der Waals surface area contributed by atoms with Crippen LogP contribution in [0.4, 0.5) is 17.5 Å². The van der Waals surface area contributed by atoms with Crippen LogP contribution in [-0.4, -0.2) is 9.97 Å². The van der Waals surface area contributed by atoms with Crippen LogP contribution in [0.15, 0.2) is 83.5 Å². The fourth-order valence-electron chi connectivity index (χ4n) is 2.81. The molecule has 4 rings (SSSR count). The molecule has 2 heterocycles. The molecule has 2 aromatic carbocycles. The van der Waals surface area contributed by atoms with E-state index < -0.39 is 0 Å². The fraction of sp³-hybridized carbons (Fsp3) is 0.130. The molecule has 0 fully saturated rings. The standard InChI is InChI=1S/C23H22N4O2/c1-17-14-22(24-15-21-8-5-13-28-21)27-23(25-17)26-19-9-11-20(12-10-19)29-16-18-6-3-2-4-7-18/h2-14H,15-16H2,1H3,(H2,24,25,26,27). The molecule has 0 saturated heterocycles. The molecule has 29 heavy (non-hydrogen) atoms. The third-order valence-corrected chi connectivity index (χ3v) is 4.24. The SMILES string of the molecule is Cc1cc(NCc2ccco2)nc(Nc2ccc(OCc3ccccc3)cc2)n1. The number of anilines is 3. The number of aromatic nitrogens is 2. The predicted octanol–water partition coefficient (Wildman–Crippen LogP) is 5.31. The highest BCUT2D eigenvalue weighted by Gasteiger charge is 2.05. The first-order chi connectivity index (χ1) is 14.2. The van der Waals surface area contributed by atoms with E-state index >= 15 is 0 Å². The Hall–Kier alpha value is -3.80. The van der Waals surface area contributed by atoms with Gasteiger partial charge in [-0.3, -0.25) is 0 Å². The number of ether oxygens (including phenoxy) is 1. The summed E-state index contributed by atoms with van der Waals surface area (Å²) in [5.74, 6) is 2.93. The quantitative estimate of drug-likeness (QED) is 0.427. The van der Waals surface area contributed by atoms with E-state index in [0.29, 0.717) is 19.1 Å². The molecule has 0 bridgehead atoms. The van der Waals surface area contributed by atoms with Crippen LogP contribution in [0.2, 0.25) is 0 Å². The molecule has 0 aliphatic heterocycles. The van der Waals surface area contributed by atoms with Gasteiger partial charge in [-0.2, -0.15) is 4.98 Å². The van der Waals surface area contributed by atoms with Gasteiger partial charge in [0.25, 0.3) is 0 Å². The first kappa shape index (κ1) is 18.6. The summed E-state index contributed by atoms with van der Waals surface area (Å²) in [5.41, 5.74) is 2.89. The van der Waals surface area contributed by atoms with Crippen molar-refractivity contribution in [1.82, 2.24) is 9.97 Å². The van der Waals surface area contributed by atoms with Crippen molar-refractivity contribution in [1.29, 1.82) is 0 Å². The third-order valence-electron chi connectivity index (χ3n) is 4.24. The Bertz CT molecular complexity index is 1030. The van der Waals surface area contributed by atoms with Crippen molar-refractivity contribution in [3.05, 3.63) is 96.1 Å². The van der Waals surface area contributed by atoms with Crippen molar-refractivity contribution in [3.63, 3.8) is 0 Å². The van der Waals surface area contributed by atoms with E-state index in [9.17, 15) is 0 Å². The maximum Gasteiger partial charge on any atom is 0.229 e. The minimum absolute atomic E-state index is 0.532. The van der Waals surface area contributed by atoms with Gasteiger partial charge in [0.05, 0.1) is 12.8 Å². The second kappa shape index (κ2) is 8.93. The van der Waals surface area contributed by atoms with E-state index in [-0.39, 0.29) is 0 Å². The van der Waals surface area contributed by atoms with Gasteiger partial charge in [0, 0.05) is 17.4 Å². The number of furan rings is 1. The maximum atomic E-state index is 5.82. The van der Waals surface area contributed by atoms with Gasteiger partial charge in [-0.15, -0.1) is 0 Å². The number of benzene rings is 2. The number of rotatable bonds is 8. The van der Waals surface area contributed by atoms with E-state index in [1.165, 1.54) is 0 Å². The zero-order valence-corrected chi connectivity index (χ0v) is 16.1. The molecule has 4 aromatic rings. The molecule has 0 atom stereocenters. The van der Waals surface area contributed by atoms with E-state index in [1.54, 1.807) is 6.26 Å². The van der Waals surface area contributed by atoms with Crippen molar-refractivity contribution in [3.8, 4) is 5.75 Å². The number of aryl methyl sites for hydroxylation is 1. The van der Waals surface area contributed by atoms with Gasteiger partial charge in [0.1, 0.15) is 23.9 Å². The lowest BCUT2D eigenvalue weighted by Gasteiger charge is -2.10. The molecular weight excluding hydrogens is 364 g/mol. The Morgan fingerprint density at radius 3 is 2.52 bits per heavy atom. The molecule has 146 valence electrons. The van der Waals surface area contributed by atoms with Crippen LogP contribution in [0.25, 0.3) is 0 Å². The van der Waals surface area contributed by atoms with Crippen LogP contribution in [0.3, 0.4) is 0 Å². The average molecular weight is 386 g/mol. The van der Waals surface area contributed by atoms with E-state index in [2.05, 4.69) is 20.6 Å². The lowest BCUT2D eigenvalue weighted by molar-refractivity contribution is 0.306. The highest BCUT2D eigenvalue weighted by molar-refractivity contribution is 5.56. The van der Waals surface area contributed by atoms with Crippen LogP contribution in [-0.2, 0) is 13.2 Å². The van der Waals surface area contributed by atoms with Gasteiger partial charge in [-0.05, 0) is 48.9 Å². The van der Waals surface area contributed by atoms with Crippen LogP contribution in [0.5, 0.6) is 5.75 Å². The summed E-state index contributed by atoms with van der Waals surface area (Å²) in [7, 11) is 0. The Labute approximate surface area is 169 Å². The highest BCUT2D eigenvalue weighted by Crippen LogP contribution is 2.20. The third kappa shape index (κ3) is 5.35. The van der Waals surface area contributed by atoms with Crippen molar-refractivity contribution >= 4 is 17.5 Å². The van der Waals surface area contributed by atoms with Gasteiger partial charge >= 0.3 is 0 Å². The second-order valence-corrected chi connectivity index (χ2v) is 6.57. The summed E-state index contributed by atoms with van der Waals surface area (Å²) in [6.45, 7) is 3.04. The largest absolute Gasteiger partial charge is 0.489 e. The monoisotopic (exact) mass is 386 g/mol. The van der Waals surface area contributed by atoms with E-state index in [0.717, 1.165) is 34.3 Å². The van der Waals surface area contributed by atoms with Crippen molar-refractivity contribution in [2.75, 3.05) is 10.6 Å². The summed E-state index contributed by atoms with van der Waals surface area (Å²) in [6.07, 6.45) is 1.66. The molecule has 0 aliphatic carbocycles. The summed E-state index contributed by atoms with van der Waals surface area (Å²) in [6, 6.07) is 23.5. The highest BCUT2D eigenvalue weighted by atomic mass is 16.5. The summed E-state index contributed by atoms with van der Waals surface area (Å²) in [4.78, 5) is 8.98. The molecule has 0 spiro atoms. The van der Waals surface area contributed by atoms with Crippen LogP contribution < -0.4 is 15.4 Å². The summed E-state index contributed by atoms with van der Waals surface area (Å²) in [5, 5.41) is 6.49. The molecule has 0 aliphatic rings. The Morgan fingerprint density at radius 1 is 0.931 bits per heavy atom. The van der Waals surface area contributed by atoms with Gasteiger partial charge in [-0.25, -0.2) is 4.98 Å². The minimum Gasteiger partial charge on any atom is -0.489 e. The average Bonchev–Trinajstić information content (AvgIpc) is 3.26. The predicted molar refractivity (Wildman–Crippen MR) is 113 cm³/mol. The van der Waals surface area contributed by atoms with Gasteiger partial charge in [0.15, 0.2) is 0 Å². The van der Waals surface area contributed by atoms with Crippen molar-refractivity contribution in [2.45, 2.75) is 20.1 Å². The van der Waals surface area contributed by atoms with Gasteiger partial charge in [0.2, 0.25) is 5.95 Å². The van der Waals surface area contributed by atoms with Gasteiger partial charge < -0.3 is 19.8 Å². The minimum atomic E-state index is 0.532. The fourth-order valence-corrected chi connectivity index (χ4v) is 2.81. The zero-order chi connectivity index (χ0) is 19.9. The number of nitrogens with one attached hydrogen (secondary N) is 2. The Balaban J connectivity index is 1.37. The van der Waals surface area contributed by atoms with E-state index in [1.807, 2.05) is 79.7 Å². The van der Waals surface area contributed by atoms with Crippen LogP contribution >= 0.6 is 0 Å². The van der Waals surface area contributed by atoms with Crippen LogP contribution in [0, 0.1) is 6.92 Å². The molecule has 2 N–H and O–H groups in total. The molecule has 0 radical (unpaired) electrons. The molecule has 6 heteroatoms. The summed E-state index contributed by atoms with van der Waals surface area (Å²) < 4.78 is 11.2. The second-order valence-electron chi connectivity index (χ2n) is 6.57. The first-order valence-electron chi connectivity index (χ1n) is 9.40. The van der Waals surface area contributed by atoms with E-state index in [4.69, 9.17) is 9.15 Å². The lowest BCUT2D eigenvalue weighted by atomic mass is 10.2. The maximum absolute atomic E-state index is 5.82. The van der Waals surface area contributed by atoms with Gasteiger partial charge in [-0.1, -0.05) is 30.3 Å². The van der Waals surface area contributed by atoms with Crippen molar-refractivity contribution < 1.29 is 9.15 Å². The van der Waals surface area contributed by atoms with Crippen LogP contribution in [0.1, 0.15) is 17.0 Å².